The zero-order valence-corrected chi connectivity index (χ0v) is 18.6. The molecule has 2 saturated heterocycles. The first-order chi connectivity index (χ1) is 15.3. The van der Waals surface area contributed by atoms with Gasteiger partial charge in [-0.1, -0.05) is 12.1 Å². The molecule has 2 heterocycles. The van der Waals surface area contributed by atoms with Crippen molar-refractivity contribution in [2.45, 2.75) is 24.3 Å². The molecule has 172 valence electrons. The van der Waals surface area contributed by atoms with Crippen molar-refractivity contribution in [3.63, 3.8) is 0 Å². The van der Waals surface area contributed by atoms with Gasteiger partial charge in [-0.15, -0.1) is 0 Å². The Morgan fingerprint density at radius 2 is 1.47 bits per heavy atom. The van der Waals surface area contributed by atoms with Gasteiger partial charge in [-0.05, 0) is 54.8 Å². The quantitative estimate of drug-likeness (QED) is 0.684. The van der Waals surface area contributed by atoms with Crippen LogP contribution in [0.15, 0.2) is 53.4 Å². The molecule has 2 aromatic carbocycles. The molecule has 1 atom stereocenters. The van der Waals surface area contributed by atoms with E-state index in [9.17, 15) is 22.0 Å². The number of hydrogen-bond donors (Lipinski definition) is 0. The summed E-state index contributed by atoms with van der Waals surface area (Å²) in [4.78, 5) is 17.2. The fourth-order valence-electron chi connectivity index (χ4n) is 4.35. The fourth-order valence-corrected chi connectivity index (χ4v) is 5.87. The Hall–Kier alpha value is -2.36. The molecule has 6 nitrogen and oxygen atoms in total. The van der Waals surface area contributed by atoms with Crippen molar-refractivity contribution < 1.29 is 22.0 Å². The lowest BCUT2D eigenvalue weighted by Crippen LogP contribution is -2.52. The van der Waals surface area contributed by atoms with Gasteiger partial charge in [0.2, 0.25) is 15.9 Å². The van der Waals surface area contributed by atoms with Gasteiger partial charge >= 0.3 is 0 Å². The third-order valence-corrected chi connectivity index (χ3v) is 8.07. The Kier molecular flexibility index (Phi) is 6.88. The Balaban J connectivity index is 1.33. The Morgan fingerprint density at radius 1 is 0.875 bits per heavy atom. The normalized spacial score (nSPS) is 20.9. The van der Waals surface area contributed by atoms with Crippen LogP contribution in [0.5, 0.6) is 0 Å². The average molecular weight is 464 g/mol. The number of carbonyl (C=O) groups is 1. The number of sulfonamides is 1. The molecule has 2 aliphatic rings. The van der Waals surface area contributed by atoms with Crippen molar-refractivity contribution in [3.05, 3.63) is 65.7 Å². The molecular formula is C23H27F2N3O3S. The van der Waals surface area contributed by atoms with E-state index < -0.39 is 15.8 Å². The molecule has 2 fully saturated rings. The Morgan fingerprint density at radius 3 is 2.09 bits per heavy atom. The molecule has 2 aliphatic heterocycles. The summed E-state index contributed by atoms with van der Waals surface area (Å²) in [7, 11) is -3.76. The molecule has 32 heavy (non-hydrogen) atoms. The van der Waals surface area contributed by atoms with Gasteiger partial charge < -0.3 is 4.90 Å². The first-order valence-electron chi connectivity index (χ1n) is 10.8. The van der Waals surface area contributed by atoms with Gasteiger partial charge in [0.1, 0.15) is 11.6 Å². The largest absolute Gasteiger partial charge is 0.340 e. The second-order valence-corrected chi connectivity index (χ2v) is 10.3. The van der Waals surface area contributed by atoms with Gasteiger partial charge in [-0.3, -0.25) is 9.69 Å². The fraction of sp³-hybridized carbons (Fsp3) is 0.435. The van der Waals surface area contributed by atoms with Gasteiger partial charge in [-0.25, -0.2) is 17.2 Å². The highest BCUT2D eigenvalue weighted by Crippen LogP contribution is 2.25. The first kappa shape index (κ1) is 22.8. The van der Waals surface area contributed by atoms with Crippen LogP contribution in [-0.2, 0) is 21.4 Å². The van der Waals surface area contributed by atoms with E-state index in [0.717, 1.165) is 17.7 Å². The van der Waals surface area contributed by atoms with Gasteiger partial charge in [-0.2, -0.15) is 4.31 Å². The maximum atomic E-state index is 13.2. The van der Waals surface area contributed by atoms with E-state index in [-0.39, 0.29) is 29.1 Å². The number of rotatable bonds is 5. The van der Waals surface area contributed by atoms with Gasteiger partial charge in [0, 0.05) is 45.8 Å². The maximum Gasteiger partial charge on any atom is 0.243 e. The maximum absolute atomic E-state index is 13.2. The smallest absolute Gasteiger partial charge is 0.243 e. The summed E-state index contributed by atoms with van der Waals surface area (Å²) in [6, 6.07) is 11.2. The number of piperazine rings is 1. The van der Waals surface area contributed by atoms with Crippen LogP contribution >= 0.6 is 0 Å². The lowest BCUT2D eigenvalue weighted by atomic mass is 9.97. The van der Waals surface area contributed by atoms with E-state index in [1.54, 1.807) is 12.1 Å². The van der Waals surface area contributed by atoms with E-state index in [4.69, 9.17) is 0 Å². The lowest BCUT2D eigenvalue weighted by molar-refractivity contribution is -0.138. The minimum Gasteiger partial charge on any atom is -0.340 e. The zero-order chi connectivity index (χ0) is 22.7. The Labute approximate surface area is 187 Å². The van der Waals surface area contributed by atoms with Crippen molar-refractivity contribution in [2.24, 2.45) is 5.92 Å². The topological polar surface area (TPSA) is 60.9 Å². The monoisotopic (exact) mass is 463 g/mol. The van der Waals surface area contributed by atoms with Crippen LogP contribution in [0.25, 0.3) is 0 Å². The molecule has 9 heteroatoms. The second kappa shape index (κ2) is 9.64. The summed E-state index contributed by atoms with van der Waals surface area (Å²) in [5.41, 5.74) is 1.03. The third kappa shape index (κ3) is 5.16. The molecule has 0 saturated carbocycles. The predicted molar refractivity (Wildman–Crippen MR) is 116 cm³/mol. The predicted octanol–water partition coefficient (Wildman–Crippen LogP) is 2.71. The van der Waals surface area contributed by atoms with Crippen LogP contribution in [0.4, 0.5) is 8.78 Å². The summed E-state index contributed by atoms with van der Waals surface area (Å²) in [6.45, 7) is 3.81. The minimum atomic E-state index is -3.76. The summed E-state index contributed by atoms with van der Waals surface area (Å²) >= 11 is 0. The molecule has 0 radical (unpaired) electrons. The molecule has 0 aromatic heterocycles. The van der Waals surface area contributed by atoms with Crippen LogP contribution in [-0.4, -0.2) is 67.7 Å². The number of halogens is 2. The van der Waals surface area contributed by atoms with Gasteiger partial charge in [0.15, 0.2) is 0 Å². The first-order valence-corrected chi connectivity index (χ1v) is 12.3. The second-order valence-electron chi connectivity index (χ2n) is 8.38. The molecule has 1 amide bonds. The van der Waals surface area contributed by atoms with E-state index in [2.05, 4.69) is 4.90 Å². The highest BCUT2D eigenvalue weighted by molar-refractivity contribution is 7.89. The third-order valence-electron chi connectivity index (χ3n) is 6.19. The summed E-state index contributed by atoms with van der Waals surface area (Å²) < 4.78 is 53.5. The standard InChI is InChI=1S/C23H27F2N3O3S/c24-20-5-3-18(4-6-20)16-26-12-14-27(15-13-26)23(29)19-2-1-11-28(17-19)32(30,31)22-9-7-21(25)8-10-22/h3-10,19H,1-2,11-17H2. The van der Waals surface area contributed by atoms with E-state index in [1.807, 2.05) is 4.90 Å². The molecular weight excluding hydrogens is 436 g/mol. The zero-order valence-electron chi connectivity index (χ0n) is 17.8. The summed E-state index contributed by atoms with van der Waals surface area (Å²) in [5.74, 6) is -1.13. The number of hydrogen-bond acceptors (Lipinski definition) is 4. The molecule has 0 aliphatic carbocycles. The van der Waals surface area contributed by atoms with Crippen molar-refractivity contribution >= 4 is 15.9 Å². The van der Waals surface area contributed by atoms with Crippen LogP contribution in [0.2, 0.25) is 0 Å². The summed E-state index contributed by atoms with van der Waals surface area (Å²) in [6.07, 6.45) is 1.27. The van der Waals surface area contributed by atoms with Crippen LogP contribution < -0.4 is 0 Å². The molecule has 0 bridgehead atoms. The highest BCUT2D eigenvalue weighted by Gasteiger charge is 2.35. The van der Waals surface area contributed by atoms with E-state index >= 15 is 0 Å². The average Bonchev–Trinajstić information content (AvgIpc) is 2.81. The van der Waals surface area contributed by atoms with Gasteiger partial charge in [0.25, 0.3) is 0 Å². The van der Waals surface area contributed by atoms with E-state index in [0.29, 0.717) is 52.1 Å². The molecule has 0 spiro atoms. The SMILES string of the molecule is O=C(C1CCCN(S(=O)(=O)c2ccc(F)cc2)C1)N1CCN(Cc2ccc(F)cc2)CC1. The van der Waals surface area contributed by atoms with Crippen LogP contribution in [0.1, 0.15) is 18.4 Å². The summed E-state index contributed by atoms with van der Waals surface area (Å²) in [5, 5.41) is 0. The van der Waals surface area contributed by atoms with Gasteiger partial charge in [0.05, 0.1) is 10.8 Å². The molecule has 0 N–H and O–H groups in total. The Bertz CT molecular complexity index is 1040. The minimum absolute atomic E-state index is 0.00885. The molecule has 4 rings (SSSR count). The van der Waals surface area contributed by atoms with Crippen LogP contribution in [0.3, 0.4) is 0 Å². The van der Waals surface area contributed by atoms with Crippen molar-refractivity contribution in [2.75, 3.05) is 39.3 Å². The van der Waals surface area contributed by atoms with E-state index in [1.165, 1.54) is 28.6 Å². The van der Waals surface area contributed by atoms with Crippen molar-refractivity contribution in [3.8, 4) is 0 Å². The van der Waals surface area contributed by atoms with Crippen molar-refractivity contribution in [1.82, 2.24) is 14.1 Å². The number of piperidine rings is 1. The molecule has 1 unspecified atom stereocenters. The number of carbonyl (C=O) groups excluding carboxylic acids is 1. The number of nitrogens with zero attached hydrogens (tertiary/aromatic N) is 3. The van der Waals surface area contributed by atoms with Crippen molar-refractivity contribution in [1.29, 1.82) is 0 Å². The number of benzene rings is 2. The lowest BCUT2D eigenvalue weighted by Gasteiger charge is -2.38. The van der Waals surface area contributed by atoms with Crippen LogP contribution in [0, 0.1) is 17.6 Å². The number of amides is 1. The highest BCUT2D eigenvalue weighted by atomic mass is 32.2. The molecule has 2 aromatic rings.